The van der Waals surface area contributed by atoms with E-state index in [1.165, 1.54) is 38.9 Å². The Hall–Kier alpha value is 0.460. The summed E-state index contributed by atoms with van der Waals surface area (Å²) in [6.07, 6.45) is 4.57. The van der Waals surface area contributed by atoms with Gasteiger partial charge in [0.2, 0.25) is 0 Å². The average Bonchev–Trinajstić information content (AvgIpc) is 1.92. The molecule has 3 aliphatic heterocycles. The molecule has 0 saturated carbocycles. The fourth-order valence-electron chi connectivity index (χ4n) is 2.03. The molecule has 3 fully saturated rings. The van der Waals surface area contributed by atoms with E-state index in [1.54, 1.807) is 0 Å². The Morgan fingerprint density at radius 3 is 1.25 bits per heavy atom. The highest BCUT2D eigenvalue weighted by atomic mass is 35.5. The van der Waals surface area contributed by atoms with Crippen LogP contribution in [0.5, 0.6) is 0 Å². The number of hydrogen-bond donors (Lipinski definition) is 1. The molecule has 5 heteroatoms. The zero-order chi connectivity index (χ0) is 5.40. The zero-order valence-corrected chi connectivity index (χ0v) is 8.68. The van der Waals surface area contributed by atoms with Crippen molar-refractivity contribution in [1.82, 2.24) is 0 Å². The first-order valence-electron chi connectivity index (χ1n) is 3.79. The predicted molar refractivity (Wildman–Crippen MR) is 47.4 cm³/mol. The van der Waals surface area contributed by atoms with E-state index in [9.17, 15) is 0 Å². The Labute approximate surface area is 85.9 Å². The maximum Gasteiger partial charge on any atom is 0.0773 e. The number of nitrogens with one attached hydrogen (secondary N) is 1. The van der Waals surface area contributed by atoms with Gasteiger partial charge in [0.15, 0.2) is 0 Å². The van der Waals surface area contributed by atoms with Crippen molar-refractivity contribution >= 4 is 12.4 Å². The van der Waals surface area contributed by atoms with Crippen molar-refractivity contribution in [2.75, 3.05) is 19.6 Å². The molecule has 0 atom stereocenters. The highest BCUT2D eigenvalue weighted by Crippen LogP contribution is 2.16. The molecule has 0 aromatic carbocycles. The lowest BCUT2D eigenvalue weighted by Gasteiger charge is -2.35. The van der Waals surface area contributed by atoms with Gasteiger partial charge in [-0.3, -0.25) is 0 Å². The van der Waals surface area contributed by atoms with E-state index < -0.39 is 0 Å². The maximum atomic E-state index is 1.87. The third-order valence-corrected chi connectivity index (χ3v) is 2.72. The molecule has 3 heterocycles. The Morgan fingerprint density at radius 2 is 1.17 bits per heavy atom. The molecule has 0 aromatic rings. The third-order valence-electron chi connectivity index (χ3n) is 2.72. The summed E-state index contributed by atoms with van der Waals surface area (Å²) in [6, 6.07) is 0. The summed E-state index contributed by atoms with van der Waals surface area (Å²) >= 11 is 0. The number of rotatable bonds is 0. The topological polar surface area (TPSA) is 67.4 Å². The van der Waals surface area contributed by atoms with Crippen LogP contribution in [0.1, 0.15) is 19.3 Å². The monoisotopic (exact) mass is 219 g/mol. The second-order valence-corrected chi connectivity index (χ2v) is 3.23. The molecule has 0 unspecified atom stereocenters. The average molecular weight is 220 g/mol. The molecule has 0 aromatic heterocycles. The number of hydrogen-bond acceptors (Lipinski definition) is 0. The van der Waals surface area contributed by atoms with Crippen molar-refractivity contribution in [3.05, 3.63) is 0 Å². The molecule has 3 saturated heterocycles. The van der Waals surface area contributed by atoms with Crippen molar-refractivity contribution in [3.63, 3.8) is 0 Å². The van der Waals surface area contributed by atoms with E-state index in [-0.39, 0.29) is 35.8 Å². The number of piperidine rings is 3. The van der Waals surface area contributed by atoms with Gasteiger partial charge in [0.05, 0.1) is 19.6 Å². The maximum absolute atomic E-state index is 1.87. The molecule has 12 heavy (non-hydrogen) atoms. The van der Waals surface area contributed by atoms with E-state index in [4.69, 9.17) is 0 Å². The van der Waals surface area contributed by atoms with E-state index >= 15 is 0 Å². The van der Waals surface area contributed by atoms with Gasteiger partial charge in [-0.2, -0.15) is 0 Å². The van der Waals surface area contributed by atoms with E-state index in [0.717, 1.165) is 5.92 Å². The summed E-state index contributed by atoms with van der Waals surface area (Å²) in [5.74, 6) is 1.13. The Bertz CT molecular complexity index is 74.4. The van der Waals surface area contributed by atoms with Gasteiger partial charge in [0.1, 0.15) is 0 Å². The highest BCUT2D eigenvalue weighted by molar-refractivity contribution is 5.85. The Morgan fingerprint density at radius 1 is 0.833 bits per heavy atom. The molecule has 3 aliphatic rings. The fraction of sp³-hybridized carbons (Fsp3) is 1.00. The number of quaternary nitrogens is 1. The smallest absolute Gasteiger partial charge is 0.0773 e. The standard InChI is InChI=1S/C7H13N.2ClH.2H2O/c1-4-8-5-2-7(1)3-6-8;;;;/h7H,1-6H2;2*1H;2*1H2. The van der Waals surface area contributed by atoms with E-state index in [2.05, 4.69) is 0 Å². The van der Waals surface area contributed by atoms with Crippen LogP contribution in [-0.4, -0.2) is 30.6 Å². The van der Waals surface area contributed by atoms with Crippen molar-refractivity contribution in [2.45, 2.75) is 19.3 Å². The zero-order valence-electron chi connectivity index (χ0n) is 7.11. The largest absolute Gasteiger partial charge is 1.00 e. The molecule has 0 aliphatic carbocycles. The van der Waals surface area contributed by atoms with Crippen LogP contribution in [-0.2, 0) is 0 Å². The second kappa shape index (κ2) is 8.08. The summed E-state index contributed by atoms with van der Waals surface area (Å²) in [4.78, 5) is 1.87. The van der Waals surface area contributed by atoms with Gasteiger partial charge >= 0.3 is 0 Å². The van der Waals surface area contributed by atoms with Crippen molar-refractivity contribution in [2.24, 2.45) is 5.92 Å². The lowest BCUT2D eigenvalue weighted by atomic mass is 9.89. The number of halogens is 2. The number of fused-ring (bicyclic) bond motifs is 3. The first-order chi connectivity index (χ1) is 3.95. The van der Waals surface area contributed by atoms with Crippen LogP contribution in [0.25, 0.3) is 0 Å². The summed E-state index contributed by atoms with van der Waals surface area (Å²) < 4.78 is 0. The van der Waals surface area contributed by atoms with Gasteiger partial charge in [-0.15, -0.1) is 12.4 Å². The minimum absolute atomic E-state index is 0. The van der Waals surface area contributed by atoms with Crippen LogP contribution in [0.15, 0.2) is 0 Å². The molecular formula is C7H19Cl2NO2. The summed E-state index contributed by atoms with van der Waals surface area (Å²) in [7, 11) is 0. The van der Waals surface area contributed by atoms with Gasteiger partial charge in [-0.25, -0.2) is 0 Å². The fourth-order valence-corrected chi connectivity index (χ4v) is 2.03. The van der Waals surface area contributed by atoms with Gasteiger partial charge in [-0.1, -0.05) is 0 Å². The minimum atomic E-state index is 0. The normalized spacial score (nSPS) is 30.0. The Kier molecular flexibility index (Phi) is 12.3. The Balaban J connectivity index is -0.000000202. The van der Waals surface area contributed by atoms with E-state index in [1.807, 2.05) is 4.90 Å². The van der Waals surface area contributed by atoms with Gasteiger partial charge in [0, 0.05) is 0 Å². The van der Waals surface area contributed by atoms with Crippen LogP contribution in [0.4, 0.5) is 0 Å². The van der Waals surface area contributed by atoms with E-state index in [0.29, 0.717) is 0 Å². The van der Waals surface area contributed by atoms with Crippen molar-refractivity contribution in [1.29, 1.82) is 0 Å². The second-order valence-electron chi connectivity index (χ2n) is 3.23. The summed E-state index contributed by atoms with van der Waals surface area (Å²) in [6.45, 7) is 4.43. The molecule has 5 N–H and O–H groups in total. The lowest BCUT2D eigenvalue weighted by Crippen LogP contribution is -3.14. The molecular weight excluding hydrogens is 201 g/mol. The first kappa shape index (κ1) is 18.3. The molecule has 0 radical (unpaired) electrons. The predicted octanol–water partition coefficient (Wildman–Crippen LogP) is -4.54. The molecule has 0 spiro atoms. The first-order valence-corrected chi connectivity index (χ1v) is 3.79. The van der Waals surface area contributed by atoms with Crippen LogP contribution < -0.4 is 17.3 Å². The molecule has 2 bridgehead atoms. The lowest BCUT2D eigenvalue weighted by molar-refractivity contribution is -0.916. The van der Waals surface area contributed by atoms with Crippen LogP contribution in [0.3, 0.4) is 0 Å². The van der Waals surface area contributed by atoms with Gasteiger partial charge < -0.3 is 28.3 Å². The van der Waals surface area contributed by atoms with Crippen molar-refractivity contribution in [3.8, 4) is 0 Å². The van der Waals surface area contributed by atoms with Crippen LogP contribution in [0, 0.1) is 5.92 Å². The van der Waals surface area contributed by atoms with Crippen molar-refractivity contribution < 1.29 is 28.3 Å². The minimum Gasteiger partial charge on any atom is -1.00 e. The van der Waals surface area contributed by atoms with Gasteiger partial charge in [-0.05, 0) is 25.2 Å². The molecule has 0 amide bonds. The SMILES string of the molecule is C1C[NH+]2CCC1CC2.Cl.O.O.[Cl-]. The molecule has 3 rings (SSSR count). The van der Waals surface area contributed by atoms with Crippen LogP contribution in [0.2, 0.25) is 0 Å². The summed E-state index contributed by atoms with van der Waals surface area (Å²) in [5, 5.41) is 0. The quantitative estimate of drug-likeness (QED) is 0.427. The highest BCUT2D eigenvalue weighted by Gasteiger charge is 2.27. The third kappa shape index (κ3) is 3.92. The molecule has 3 nitrogen and oxygen atoms in total. The summed E-state index contributed by atoms with van der Waals surface area (Å²) in [5.41, 5.74) is 0. The molecule has 78 valence electrons. The van der Waals surface area contributed by atoms with Crippen LogP contribution >= 0.6 is 12.4 Å². The van der Waals surface area contributed by atoms with Gasteiger partial charge in [0.25, 0.3) is 0 Å².